The number of piperidine rings is 1. The van der Waals surface area contributed by atoms with Gasteiger partial charge in [0.1, 0.15) is 6.04 Å². The number of rotatable bonds is 6. The number of hydrogen-bond acceptors (Lipinski definition) is 3. The highest BCUT2D eigenvalue weighted by Crippen LogP contribution is 2.17. The number of nitrogens with one attached hydrogen (secondary N) is 2. The Morgan fingerprint density at radius 3 is 2.57 bits per heavy atom. The van der Waals surface area contributed by atoms with Crippen molar-refractivity contribution in [3.63, 3.8) is 0 Å². The second-order valence-electron chi connectivity index (χ2n) is 5.72. The molecule has 7 heteroatoms. The molecule has 1 aliphatic rings. The SMILES string of the molecule is CC(C)CNC(=O)CCNC(=O)N1CCCCC1C(=O)O. The number of carboxylic acid groups (broad SMARTS) is 1. The zero-order valence-corrected chi connectivity index (χ0v) is 12.7. The van der Waals surface area contributed by atoms with Crippen LogP contribution in [0, 0.1) is 5.92 Å². The van der Waals surface area contributed by atoms with E-state index in [-0.39, 0.29) is 18.9 Å². The molecule has 0 aromatic carbocycles. The van der Waals surface area contributed by atoms with E-state index in [0.717, 1.165) is 12.8 Å². The first kappa shape index (κ1) is 17.3. The number of likely N-dealkylation sites (tertiary alicyclic amines) is 1. The zero-order chi connectivity index (χ0) is 15.8. The van der Waals surface area contributed by atoms with E-state index in [0.29, 0.717) is 25.4 Å². The van der Waals surface area contributed by atoms with Crippen LogP contribution in [0.5, 0.6) is 0 Å². The van der Waals surface area contributed by atoms with Gasteiger partial charge >= 0.3 is 12.0 Å². The maximum Gasteiger partial charge on any atom is 0.326 e. The molecule has 1 heterocycles. The van der Waals surface area contributed by atoms with E-state index in [1.165, 1.54) is 4.90 Å². The Morgan fingerprint density at radius 1 is 1.24 bits per heavy atom. The summed E-state index contributed by atoms with van der Waals surface area (Å²) in [6.45, 7) is 5.28. The summed E-state index contributed by atoms with van der Waals surface area (Å²) >= 11 is 0. The second-order valence-corrected chi connectivity index (χ2v) is 5.72. The maximum absolute atomic E-state index is 12.0. The number of aliphatic carboxylic acids is 1. The number of hydrogen-bond donors (Lipinski definition) is 3. The van der Waals surface area contributed by atoms with Crippen LogP contribution in [0.15, 0.2) is 0 Å². The van der Waals surface area contributed by atoms with Crippen LogP contribution in [-0.2, 0) is 9.59 Å². The Hall–Kier alpha value is -1.79. The van der Waals surface area contributed by atoms with Crippen molar-refractivity contribution in [1.82, 2.24) is 15.5 Å². The molecule has 1 fully saturated rings. The summed E-state index contributed by atoms with van der Waals surface area (Å²) in [5.41, 5.74) is 0. The monoisotopic (exact) mass is 299 g/mol. The van der Waals surface area contributed by atoms with Gasteiger partial charge in [0.15, 0.2) is 0 Å². The van der Waals surface area contributed by atoms with E-state index in [1.807, 2.05) is 13.8 Å². The summed E-state index contributed by atoms with van der Waals surface area (Å²) in [7, 11) is 0. The van der Waals surface area contributed by atoms with E-state index in [2.05, 4.69) is 10.6 Å². The number of carbonyl (C=O) groups is 3. The zero-order valence-electron chi connectivity index (χ0n) is 12.7. The van der Waals surface area contributed by atoms with Gasteiger partial charge in [0, 0.05) is 26.1 Å². The Bertz CT molecular complexity index is 384. The normalized spacial score (nSPS) is 18.4. The second kappa shape index (κ2) is 8.49. The minimum Gasteiger partial charge on any atom is -0.480 e. The van der Waals surface area contributed by atoms with Gasteiger partial charge in [-0.25, -0.2) is 9.59 Å². The summed E-state index contributed by atoms with van der Waals surface area (Å²) in [6, 6.07) is -1.16. The van der Waals surface area contributed by atoms with E-state index in [9.17, 15) is 14.4 Å². The molecule has 0 aromatic rings. The lowest BCUT2D eigenvalue weighted by atomic mass is 10.0. The Morgan fingerprint density at radius 2 is 1.95 bits per heavy atom. The van der Waals surface area contributed by atoms with E-state index in [4.69, 9.17) is 5.11 Å². The molecule has 120 valence electrons. The predicted molar refractivity (Wildman–Crippen MR) is 77.8 cm³/mol. The summed E-state index contributed by atoms with van der Waals surface area (Å²) < 4.78 is 0. The van der Waals surface area contributed by atoms with Crippen LogP contribution in [-0.4, -0.2) is 53.6 Å². The van der Waals surface area contributed by atoms with Gasteiger partial charge in [0.05, 0.1) is 0 Å². The van der Waals surface area contributed by atoms with Crippen molar-refractivity contribution in [2.24, 2.45) is 5.92 Å². The summed E-state index contributed by atoms with van der Waals surface area (Å²) in [5, 5.41) is 14.5. The first-order chi connectivity index (χ1) is 9.91. The highest BCUT2D eigenvalue weighted by molar-refractivity contribution is 5.83. The highest BCUT2D eigenvalue weighted by Gasteiger charge is 2.31. The molecule has 0 aliphatic carbocycles. The number of amides is 3. The van der Waals surface area contributed by atoms with Crippen LogP contribution < -0.4 is 10.6 Å². The molecule has 0 aromatic heterocycles. The molecule has 1 saturated heterocycles. The van der Waals surface area contributed by atoms with Crippen molar-refractivity contribution in [2.75, 3.05) is 19.6 Å². The molecule has 0 saturated carbocycles. The van der Waals surface area contributed by atoms with Crippen molar-refractivity contribution < 1.29 is 19.5 Å². The van der Waals surface area contributed by atoms with E-state index < -0.39 is 18.0 Å². The largest absolute Gasteiger partial charge is 0.480 e. The lowest BCUT2D eigenvalue weighted by molar-refractivity contribution is -0.143. The standard InChI is InChI=1S/C14H25N3O4/c1-10(2)9-16-12(18)6-7-15-14(21)17-8-4-3-5-11(17)13(19)20/h10-11H,3-9H2,1-2H3,(H,15,21)(H,16,18)(H,19,20). The number of carbonyl (C=O) groups excluding carboxylic acids is 2. The van der Waals surface area contributed by atoms with Crippen LogP contribution in [0.25, 0.3) is 0 Å². The molecule has 21 heavy (non-hydrogen) atoms. The smallest absolute Gasteiger partial charge is 0.326 e. The molecular formula is C14H25N3O4. The fourth-order valence-electron chi connectivity index (χ4n) is 2.22. The molecule has 1 rings (SSSR count). The van der Waals surface area contributed by atoms with Gasteiger partial charge in [-0.1, -0.05) is 13.8 Å². The Labute approximate surface area is 125 Å². The molecule has 0 radical (unpaired) electrons. The fourth-order valence-corrected chi connectivity index (χ4v) is 2.22. The van der Waals surface area contributed by atoms with Gasteiger partial charge in [-0.2, -0.15) is 0 Å². The number of nitrogens with zero attached hydrogens (tertiary/aromatic N) is 1. The van der Waals surface area contributed by atoms with Gasteiger partial charge in [-0.05, 0) is 25.2 Å². The molecule has 3 N–H and O–H groups in total. The molecule has 7 nitrogen and oxygen atoms in total. The van der Waals surface area contributed by atoms with Crippen molar-refractivity contribution in [1.29, 1.82) is 0 Å². The summed E-state index contributed by atoms with van der Waals surface area (Å²) in [4.78, 5) is 35.9. The lowest BCUT2D eigenvalue weighted by Crippen LogP contribution is -2.52. The van der Waals surface area contributed by atoms with Crippen LogP contribution in [0.1, 0.15) is 39.5 Å². The molecule has 1 unspecified atom stereocenters. The van der Waals surface area contributed by atoms with Crippen molar-refractivity contribution in [3.8, 4) is 0 Å². The average molecular weight is 299 g/mol. The predicted octanol–water partition coefficient (Wildman–Crippen LogP) is 0.797. The van der Waals surface area contributed by atoms with Crippen LogP contribution in [0.3, 0.4) is 0 Å². The highest BCUT2D eigenvalue weighted by atomic mass is 16.4. The van der Waals surface area contributed by atoms with Gasteiger partial charge in [0.25, 0.3) is 0 Å². The van der Waals surface area contributed by atoms with Crippen LogP contribution in [0.4, 0.5) is 4.79 Å². The third-order valence-corrected chi connectivity index (χ3v) is 3.38. The third kappa shape index (κ3) is 6.01. The van der Waals surface area contributed by atoms with Gasteiger partial charge in [-0.15, -0.1) is 0 Å². The van der Waals surface area contributed by atoms with Gasteiger partial charge < -0.3 is 20.6 Å². The third-order valence-electron chi connectivity index (χ3n) is 3.38. The topological polar surface area (TPSA) is 98.7 Å². The summed E-state index contributed by atoms with van der Waals surface area (Å²) in [6.07, 6.45) is 2.31. The molecule has 3 amide bonds. The molecule has 1 atom stereocenters. The van der Waals surface area contributed by atoms with Crippen molar-refractivity contribution >= 4 is 17.9 Å². The lowest BCUT2D eigenvalue weighted by Gasteiger charge is -2.32. The molecule has 0 bridgehead atoms. The molecule has 1 aliphatic heterocycles. The van der Waals surface area contributed by atoms with Gasteiger partial charge in [0.2, 0.25) is 5.91 Å². The molecular weight excluding hydrogens is 274 g/mol. The van der Waals surface area contributed by atoms with E-state index >= 15 is 0 Å². The first-order valence-electron chi connectivity index (χ1n) is 7.45. The quantitative estimate of drug-likeness (QED) is 0.675. The Kier molecular flexibility index (Phi) is 6.98. The molecule has 0 spiro atoms. The van der Waals surface area contributed by atoms with Crippen LogP contribution in [0.2, 0.25) is 0 Å². The fraction of sp³-hybridized carbons (Fsp3) is 0.786. The average Bonchev–Trinajstić information content (AvgIpc) is 2.44. The minimum atomic E-state index is -0.973. The Balaban J connectivity index is 2.32. The van der Waals surface area contributed by atoms with Crippen molar-refractivity contribution in [2.45, 2.75) is 45.6 Å². The number of carboxylic acids is 1. The maximum atomic E-state index is 12.0. The van der Waals surface area contributed by atoms with Gasteiger partial charge in [-0.3, -0.25) is 4.79 Å². The van der Waals surface area contributed by atoms with E-state index in [1.54, 1.807) is 0 Å². The summed E-state index contributed by atoms with van der Waals surface area (Å²) in [5.74, 6) is -0.704. The minimum absolute atomic E-state index is 0.113. The van der Waals surface area contributed by atoms with Crippen molar-refractivity contribution in [3.05, 3.63) is 0 Å². The number of urea groups is 1. The van der Waals surface area contributed by atoms with Crippen LogP contribution >= 0.6 is 0 Å². The first-order valence-corrected chi connectivity index (χ1v) is 7.45.